The number of fused-ring (bicyclic) bond motifs is 1. The van der Waals surface area contributed by atoms with E-state index in [0.29, 0.717) is 6.42 Å². The van der Waals surface area contributed by atoms with Crippen molar-refractivity contribution in [3.05, 3.63) is 40.2 Å². The van der Waals surface area contributed by atoms with Gasteiger partial charge in [0.15, 0.2) is 0 Å². The van der Waals surface area contributed by atoms with Crippen LogP contribution in [0.5, 0.6) is 0 Å². The van der Waals surface area contributed by atoms with Gasteiger partial charge in [0.25, 0.3) is 0 Å². The first-order valence-corrected chi connectivity index (χ1v) is 8.27. The van der Waals surface area contributed by atoms with Crippen LogP contribution in [0.4, 0.5) is 0 Å². The topological polar surface area (TPSA) is 66.0 Å². The van der Waals surface area contributed by atoms with Gasteiger partial charge in [-0.15, -0.1) is 11.3 Å². The maximum absolute atomic E-state index is 10.5. The molecule has 22 heavy (non-hydrogen) atoms. The standard InChI is InChI=1S/C16H15ClN2O2S/c17-14-8-7-13(22-14)16-18-11-6-5-10(9-12(11)19-16)3-1-2-4-15(20)21/h5-9H,1-4H2,(H,18,19)(H,20,21). The zero-order valence-electron chi connectivity index (χ0n) is 11.8. The molecule has 0 spiro atoms. The van der Waals surface area contributed by atoms with Crippen LogP contribution in [-0.4, -0.2) is 21.0 Å². The van der Waals surface area contributed by atoms with Gasteiger partial charge in [0, 0.05) is 6.42 Å². The summed E-state index contributed by atoms with van der Waals surface area (Å²) in [5.41, 5.74) is 3.10. The summed E-state index contributed by atoms with van der Waals surface area (Å²) in [6.07, 6.45) is 2.67. The molecule has 0 aliphatic heterocycles. The Morgan fingerprint density at radius 3 is 2.86 bits per heavy atom. The smallest absolute Gasteiger partial charge is 0.303 e. The molecule has 0 atom stereocenters. The van der Waals surface area contributed by atoms with Crippen molar-refractivity contribution in [1.29, 1.82) is 0 Å². The molecule has 2 N–H and O–H groups in total. The molecule has 0 aliphatic rings. The fourth-order valence-corrected chi connectivity index (χ4v) is 3.36. The van der Waals surface area contributed by atoms with Crippen LogP contribution >= 0.6 is 22.9 Å². The molecule has 3 rings (SSSR count). The molecule has 0 aliphatic carbocycles. The maximum atomic E-state index is 10.5. The lowest BCUT2D eigenvalue weighted by Gasteiger charge is -2.00. The number of thiophene rings is 1. The highest BCUT2D eigenvalue weighted by molar-refractivity contribution is 7.19. The molecule has 0 fully saturated rings. The van der Waals surface area contributed by atoms with Crippen LogP contribution in [0.2, 0.25) is 4.34 Å². The summed E-state index contributed by atoms with van der Waals surface area (Å²) in [4.78, 5) is 19.4. The number of carbonyl (C=O) groups is 1. The number of unbranched alkanes of at least 4 members (excludes halogenated alkanes) is 1. The van der Waals surface area contributed by atoms with Gasteiger partial charge in [-0.3, -0.25) is 4.79 Å². The molecule has 1 aromatic carbocycles. The Hall–Kier alpha value is -1.85. The molecule has 2 heterocycles. The van der Waals surface area contributed by atoms with E-state index in [-0.39, 0.29) is 6.42 Å². The zero-order chi connectivity index (χ0) is 15.5. The number of carboxylic acid groups (broad SMARTS) is 1. The van der Waals surface area contributed by atoms with Crippen molar-refractivity contribution in [1.82, 2.24) is 9.97 Å². The van der Waals surface area contributed by atoms with Crippen LogP contribution in [0.3, 0.4) is 0 Å². The Kier molecular flexibility index (Phi) is 4.45. The maximum Gasteiger partial charge on any atom is 0.303 e. The zero-order valence-corrected chi connectivity index (χ0v) is 13.4. The van der Waals surface area contributed by atoms with Crippen LogP contribution in [0, 0.1) is 0 Å². The Balaban J connectivity index is 1.74. The number of benzene rings is 1. The third-order valence-electron chi connectivity index (χ3n) is 3.46. The van der Waals surface area contributed by atoms with Crippen molar-refractivity contribution in [3.8, 4) is 10.7 Å². The lowest BCUT2D eigenvalue weighted by Crippen LogP contribution is -1.94. The van der Waals surface area contributed by atoms with Gasteiger partial charge in [-0.1, -0.05) is 17.7 Å². The molecule has 0 radical (unpaired) electrons. The summed E-state index contributed by atoms with van der Waals surface area (Å²) in [6, 6.07) is 9.96. The minimum absolute atomic E-state index is 0.230. The van der Waals surface area contributed by atoms with Crippen LogP contribution in [0.1, 0.15) is 24.8 Å². The average Bonchev–Trinajstić information content (AvgIpc) is 3.08. The van der Waals surface area contributed by atoms with Gasteiger partial charge in [0.05, 0.1) is 20.2 Å². The predicted molar refractivity (Wildman–Crippen MR) is 89.6 cm³/mol. The summed E-state index contributed by atoms with van der Waals surface area (Å²) in [5, 5.41) is 8.64. The lowest BCUT2D eigenvalue weighted by atomic mass is 10.1. The number of aromatic amines is 1. The molecule has 0 unspecified atom stereocenters. The number of aromatic nitrogens is 2. The van der Waals surface area contributed by atoms with E-state index in [1.54, 1.807) is 0 Å². The number of imidazole rings is 1. The van der Waals surface area contributed by atoms with E-state index in [4.69, 9.17) is 16.7 Å². The summed E-state index contributed by atoms with van der Waals surface area (Å²) >= 11 is 7.46. The Labute approximate surface area is 136 Å². The fourth-order valence-electron chi connectivity index (χ4n) is 2.37. The van der Waals surface area contributed by atoms with Gasteiger partial charge in [-0.2, -0.15) is 0 Å². The van der Waals surface area contributed by atoms with E-state index in [1.807, 2.05) is 18.2 Å². The van der Waals surface area contributed by atoms with Crippen LogP contribution in [0.25, 0.3) is 21.7 Å². The number of nitrogens with one attached hydrogen (secondary N) is 1. The molecule has 0 bridgehead atoms. The van der Waals surface area contributed by atoms with E-state index in [2.05, 4.69) is 22.1 Å². The SMILES string of the molecule is O=C(O)CCCCc1ccc2[nH]c(-c3ccc(Cl)s3)nc2c1. The third kappa shape index (κ3) is 3.48. The van der Waals surface area contributed by atoms with Crippen molar-refractivity contribution in [2.24, 2.45) is 0 Å². The Morgan fingerprint density at radius 2 is 2.14 bits per heavy atom. The molecule has 0 saturated carbocycles. The number of nitrogens with zero attached hydrogens (tertiary/aromatic N) is 1. The normalized spacial score (nSPS) is 11.1. The molecular formula is C16H15ClN2O2S. The number of aliphatic carboxylic acids is 1. The summed E-state index contributed by atoms with van der Waals surface area (Å²) in [5.74, 6) is 0.0944. The highest BCUT2D eigenvalue weighted by atomic mass is 35.5. The van der Waals surface area contributed by atoms with Gasteiger partial charge in [-0.25, -0.2) is 4.98 Å². The quantitative estimate of drug-likeness (QED) is 0.640. The minimum atomic E-state index is -0.734. The number of hydrogen-bond acceptors (Lipinski definition) is 3. The molecule has 114 valence electrons. The van der Waals surface area contributed by atoms with Gasteiger partial charge in [0.1, 0.15) is 5.82 Å². The first kappa shape index (κ1) is 15.1. The Morgan fingerprint density at radius 1 is 1.27 bits per heavy atom. The fraction of sp³-hybridized carbons (Fsp3) is 0.250. The summed E-state index contributed by atoms with van der Waals surface area (Å²) in [6.45, 7) is 0. The number of hydrogen-bond donors (Lipinski definition) is 2. The van der Waals surface area contributed by atoms with E-state index >= 15 is 0 Å². The summed E-state index contributed by atoms with van der Waals surface area (Å²) < 4.78 is 0.745. The summed E-state index contributed by atoms with van der Waals surface area (Å²) in [7, 11) is 0. The molecule has 4 nitrogen and oxygen atoms in total. The monoisotopic (exact) mass is 334 g/mol. The van der Waals surface area contributed by atoms with Crippen LogP contribution in [0.15, 0.2) is 30.3 Å². The second-order valence-corrected chi connectivity index (χ2v) is 6.86. The minimum Gasteiger partial charge on any atom is -0.481 e. The first-order chi connectivity index (χ1) is 10.6. The highest BCUT2D eigenvalue weighted by Crippen LogP contribution is 2.30. The molecule has 0 saturated heterocycles. The van der Waals surface area contributed by atoms with E-state index < -0.39 is 5.97 Å². The second kappa shape index (κ2) is 6.50. The Bertz CT molecular complexity index is 809. The van der Waals surface area contributed by atoms with Gasteiger partial charge in [0.2, 0.25) is 0 Å². The third-order valence-corrected chi connectivity index (χ3v) is 4.70. The predicted octanol–water partition coefficient (Wildman–Crippen LogP) is 4.74. The number of aryl methyl sites for hydroxylation is 1. The van der Waals surface area contributed by atoms with Crippen molar-refractivity contribution in [2.75, 3.05) is 0 Å². The molecular weight excluding hydrogens is 320 g/mol. The average molecular weight is 335 g/mol. The largest absolute Gasteiger partial charge is 0.481 e. The van der Waals surface area contributed by atoms with Crippen LogP contribution in [-0.2, 0) is 11.2 Å². The second-order valence-electron chi connectivity index (χ2n) is 5.14. The van der Waals surface area contributed by atoms with E-state index in [0.717, 1.165) is 38.9 Å². The van der Waals surface area contributed by atoms with E-state index in [9.17, 15) is 4.79 Å². The molecule has 2 aromatic heterocycles. The number of H-pyrrole nitrogens is 1. The highest BCUT2D eigenvalue weighted by Gasteiger charge is 2.08. The molecule has 3 aromatic rings. The molecule has 6 heteroatoms. The van der Waals surface area contributed by atoms with Crippen molar-refractivity contribution < 1.29 is 9.90 Å². The van der Waals surface area contributed by atoms with Gasteiger partial charge >= 0.3 is 5.97 Å². The van der Waals surface area contributed by atoms with Crippen molar-refractivity contribution in [3.63, 3.8) is 0 Å². The van der Waals surface area contributed by atoms with Gasteiger partial charge in [-0.05, 0) is 49.1 Å². The molecule has 0 amide bonds. The number of carboxylic acids is 1. The lowest BCUT2D eigenvalue weighted by molar-refractivity contribution is -0.137. The van der Waals surface area contributed by atoms with Crippen molar-refractivity contribution in [2.45, 2.75) is 25.7 Å². The van der Waals surface area contributed by atoms with Gasteiger partial charge < -0.3 is 10.1 Å². The first-order valence-electron chi connectivity index (χ1n) is 7.08. The van der Waals surface area contributed by atoms with Crippen LogP contribution < -0.4 is 0 Å². The number of halogens is 1. The van der Waals surface area contributed by atoms with Crippen molar-refractivity contribution >= 4 is 39.9 Å². The van der Waals surface area contributed by atoms with E-state index in [1.165, 1.54) is 16.9 Å². The number of rotatable bonds is 6.